The maximum absolute atomic E-state index is 13.5. The van der Waals surface area contributed by atoms with Crippen molar-refractivity contribution in [3.05, 3.63) is 54.0 Å². The summed E-state index contributed by atoms with van der Waals surface area (Å²) in [6, 6.07) is 13.8. The lowest BCUT2D eigenvalue weighted by atomic mass is 9.86. The maximum atomic E-state index is 13.5. The van der Waals surface area contributed by atoms with E-state index in [2.05, 4.69) is 17.0 Å². The Bertz CT molecular complexity index is 1020. The molecule has 0 radical (unpaired) electrons. The van der Waals surface area contributed by atoms with Crippen LogP contribution >= 0.6 is 0 Å². The highest BCUT2D eigenvalue weighted by Gasteiger charge is 2.44. The normalized spacial score (nSPS) is 24.8. The van der Waals surface area contributed by atoms with E-state index in [0.717, 1.165) is 35.4 Å². The summed E-state index contributed by atoms with van der Waals surface area (Å²) in [6.45, 7) is 2.90. The van der Waals surface area contributed by atoms with Gasteiger partial charge in [-0.3, -0.25) is 4.90 Å². The largest absolute Gasteiger partial charge is 0.497 e. The second-order valence-corrected chi connectivity index (χ2v) is 8.55. The summed E-state index contributed by atoms with van der Waals surface area (Å²) in [6.07, 6.45) is 4.52. The average molecular weight is 410 g/mol. The van der Waals surface area contributed by atoms with Crippen molar-refractivity contribution in [2.24, 2.45) is 0 Å². The number of hydrogen-bond donors (Lipinski definition) is 0. The van der Waals surface area contributed by atoms with Gasteiger partial charge in [-0.05, 0) is 56.9 Å². The fraction of sp³-hybridized carbons (Fsp3) is 0.458. The molecular weight excluding hydrogens is 383 g/mol. The Morgan fingerprint density at radius 3 is 2.67 bits per heavy atom. The SMILES string of the molecule is COc1cccc(OCC(C)N2C3CCC2CC(c2noc4cc(F)ccc24)C3)c1. The van der Waals surface area contributed by atoms with Crippen LogP contribution in [0.15, 0.2) is 47.0 Å². The number of rotatable bonds is 6. The van der Waals surface area contributed by atoms with E-state index in [0.29, 0.717) is 36.2 Å². The lowest BCUT2D eigenvalue weighted by Crippen LogP contribution is -2.49. The van der Waals surface area contributed by atoms with Gasteiger partial charge in [-0.1, -0.05) is 11.2 Å². The maximum Gasteiger partial charge on any atom is 0.170 e. The number of methoxy groups -OCH3 is 1. The van der Waals surface area contributed by atoms with Crippen molar-refractivity contribution < 1.29 is 18.4 Å². The van der Waals surface area contributed by atoms with Gasteiger partial charge in [-0.25, -0.2) is 4.39 Å². The van der Waals surface area contributed by atoms with Gasteiger partial charge in [0.2, 0.25) is 0 Å². The summed E-state index contributed by atoms with van der Waals surface area (Å²) in [5.74, 6) is 1.72. The van der Waals surface area contributed by atoms with Crippen molar-refractivity contribution in [2.45, 2.75) is 56.7 Å². The van der Waals surface area contributed by atoms with Crippen LogP contribution in [-0.2, 0) is 0 Å². The van der Waals surface area contributed by atoms with Crippen LogP contribution in [0.2, 0.25) is 0 Å². The third kappa shape index (κ3) is 3.54. The number of hydrogen-bond acceptors (Lipinski definition) is 5. The summed E-state index contributed by atoms with van der Waals surface area (Å²) >= 11 is 0. The minimum atomic E-state index is -0.287. The van der Waals surface area contributed by atoms with E-state index in [4.69, 9.17) is 14.0 Å². The van der Waals surface area contributed by atoms with E-state index >= 15 is 0 Å². The second kappa shape index (κ2) is 7.91. The molecule has 30 heavy (non-hydrogen) atoms. The molecule has 2 fully saturated rings. The highest BCUT2D eigenvalue weighted by atomic mass is 19.1. The summed E-state index contributed by atoms with van der Waals surface area (Å²) in [4.78, 5) is 2.64. The molecule has 2 aliphatic heterocycles. The highest BCUT2D eigenvalue weighted by Crippen LogP contribution is 2.45. The molecule has 2 aliphatic rings. The Morgan fingerprint density at radius 2 is 1.90 bits per heavy atom. The predicted molar refractivity (Wildman–Crippen MR) is 113 cm³/mol. The number of benzene rings is 2. The van der Waals surface area contributed by atoms with Gasteiger partial charge in [0.25, 0.3) is 0 Å². The van der Waals surface area contributed by atoms with Crippen LogP contribution < -0.4 is 9.47 Å². The van der Waals surface area contributed by atoms with Crippen molar-refractivity contribution in [3.63, 3.8) is 0 Å². The van der Waals surface area contributed by atoms with Gasteiger partial charge in [0.05, 0.1) is 12.8 Å². The second-order valence-electron chi connectivity index (χ2n) is 8.55. The van der Waals surface area contributed by atoms with Crippen molar-refractivity contribution in [1.29, 1.82) is 0 Å². The zero-order valence-corrected chi connectivity index (χ0v) is 17.4. The number of fused-ring (bicyclic) bond motifs is 3. The van der Waals surface area contributed by atoms with Gasteiger partial charge >= 0.3 is 0 Å². The van der Waals surface area contributed by atoms with Crippen molar-refractivity contribution in [1.82, 2.24) is 10.1 Å². The standard InChI is InChI=1S/C24H27FN2O3/c1-15(14-29-21-5-3-4-20(13-21)28-2)27-18-7-8-19(27)11-16(10-18)24-22-9-6-17(25)12-23(22)30-26-24/h3-6,9,12-13,15-16,18-19H,7-8,10-11,14H2,1-2H3. The Morgan fingerprint density at radius 1 is 1.13 bits per heavy atom. The van der Waals surface area contributed by atoms with Crippen molar-refractivity contribution in [3.8, 4) is 11.5 Å². The Balaban J connectivity index is 1.27. The molecule has 5 rings (SSSR count). The molecule has 6 heteroatoms. The molecule has 158 valence electrons. The molecule has 3 unspecified atom stereocenters. The van der Waals surface area contributed by atoms with Gasteiger partial charge in [-0.15, -0.1) is 0 Å². The van der Waals surface area contributed by atoms with Crippen molar-refractivity contribution in [2.75, 3.05) is 13.7 Å². The highest BCUT2D eigenvalue weighted by molar-refractivity contribution is 5.80. The first-order chi connectivity index (χ1) is 14.6. The lowest BCUT2D eigenvalue weighted by molar-refractivity contribution is 0.0572. The topological polar surface area (TPSA) is 47.7 Å². The molecular formula is C24H27FN2O3. The zero-order chi connectivity index (χ0) is 20.7. The van der Waals surface area contributed by atoms with Crippen LogP contribution in [0.5, 0.6) is 11.5 Å². The summed E-state index contributed by atoms with van der Waals surface area (Å²) in [5, 5.41) is 5.27. The van der Waals surface area contributed by atoms with Crippen LogP contribution in [-0.4, -0.2) is 41.9 Å². The first kappa shape index (κ1) is 19.4. The molecule has 0 amide bonds. The van der Waals surface area contributed by atoms with Crippen LogP contribution in [0.3, 0.4) is 0 Å². The number of aromatic nitrogens is 1. The third-order valence-electron chi connectivity index (χ3n) is 6.68. The van der Waals surface area contributed by atoms with E-state index in [1.165, 1.54) is 25.0 Å². The van der Waals surface area contributed by atoms with Crippen LogP contribution in [0.1, 0.15) is 44.2 Å². The quantitative estimate of drug-likeness (QED) is 0.562. The van der Waals surface area contributed by atoms with Crippen molar-refractivity contribution >= 4 is 11.0 Å². The molecule has 2 saturated heterocycles. The molecule has 0 N–H and O–H groups in total. The molecule has 2 aromatic carbocycles. The van der Waals surface area contributed by atoms with E-state index in [-0.39, 0.29) is 5.82 Å². The monoisotopic (exact) mass is 410 g/mol. The van der Waals surface area contributed by atoms with Gasteiger partial charge < -0.3 is 14.0 Å². The lowest BCUT2D eigenvalue weighted by Gasteiger charge is -2.42. The Hall–Kier alpha value is -2.60. The number of nitrogens with zero attached hydrogens (tertiary/aromatic N) is 2. The van der Waals surface area contributed by atoms with E-state index in [9.17, 15) is 4.39 Å². The van der Waals surface area contributed by atoms with E-state index < -0.39 is 0 Å². The fourth-order valence-corrected chi connectivity index (χ4v) is 5.38. The Labute approximate surface area is 175 Å². The van der Waals surface area contributed by atoms with Crippen LogP contribution in [0.25, 0.3) is 11.0 Å². The first-order valence-corrected chi connectivity index (χ1v) is 10.7. The predicted octanol–water partition coefficient (Wildman–Crippen LogP) is 5.15. The number of ether oxygens (including phenoxy) is 2. The molecule has 3 aromatic rings. The zero-order valence-electron chi connectivity index (χ0n) is 17.4. The number of piperidine rings is 1. The molecule has 3 heterocycles. The van der Waals surface area contributed by atoms with Gasteiger partial charge in [0.1, 0.15) is 23.9 Å². The summed E-state index contributed by atoms with van der Waals surface area (Å²) < 4.78 is 30.3. The molecule has 0 aliphatic carbocycles. The molecule has 0 spiro atoms. The molecule has 5 nitrogen and oxygen atoms in total. The van der Waals surface area contributed by atoms with E-state index in [1.807, 2.05) is 24.3 Å². The molecule has 1 aromatic heterocycles. The first-order valence-electron chi connectivity index (χ1n) is 10.7. The number of halogens is 1. The van der Waals surface area contributed by atoms with Gasteiger partial charge in [0, 0.05) is 41.6 Å². The minimum absolute atomic E-state index is 0.287. The fourth-order valence-electron chi connectivity index (χ4n) is 5.38. The van der Waals surface area contributed by atoms with Crippen LogP contribution in [0, 0.1) is 5.82 Å². The summed E-state index contributed by atoms with van der Waals surface area (Å²) in [7, 11) is 1.66. The van der Waals surface area contributed by atoms with E-state index in [1.54, 1.807) is 13.2 Å². The van der Waals surface area contributed by atoms with Crippen LogP contribution in [0.4, 0.5) is 4.39 Å². The molecule has 2 bridgehead atoms. The average Bonchev–Trinajstić information content (AvgIpc) is 3.29. The molecule has 0 saturated carbocycles. The Kier molecular flexibility index (Phi) is 5.11. The molecule has 3 atom stereocenters. The summed E-state index contributed by atoms with van der Waals surface area (Å²) in [5.41, 5.74) is 1.53. The third-order valence-corrected chi connectivity index (χ3v) is 6.68. The van der Waals surface area contributed by atoms with Gasteiger partial charge in [0.15, 0.2) is 5.58 Å². The smallest absolute Gasteiger partial charge is 0.170 e. The van der Waals surface area contributed by atoms with Gasteiger partial charge in [-0.2, -0.15) is 0 Å². The minimum Gasteiger partial charge on any atom is -0.497 e.